The van der Waals surface area contributed by atoms with E-state index < -0.39 is 12.0 Å². The van der Waals surface area contributed by atoms with Crippen LogP contribution >= 0.6 is 15.9 Å². The minimum atomic E-state index is -0.951. The first-order valence-electron chi connectivity index (χ1n) is 6.84. The van der Waals surface area contributed by atoms with E-state index in [-0.39, 0.29) is 0 Å². The van der Waals surface area contributed by atoms with Gasteiger partial charge in [0.05, 0.1) is 0 Å². The molecule has 0 radical (unpaired) electrons. The normalized spacial score (nSPS) is 18.2. The van der Waals surface area contributed by atoms with Crippen molar-refractivity contribution in [2.24, 2.45) is 5.73 Å². The third kappa shape index (κ3) is 3.80. The number of carbonyl (C=O) groups is 1. The van der Waals surface area contributed by atoms with E-state index in [9.17, 15) is 4.79 Å². The molecule has 1 aliphatic rings. The first-order valence-corrected chi connectivity index (χ1v) is 7.64. The molecule has 1 aromatic rings. The molecule has 0 spiro atoms. The van der Waals surface area contributed by atoms with Gasteiger partial charge in [-0.25, -0.2) is 0 Å². The van der Waals surface area contributed by atoms with Crippen LogP contribution in [0.25, 0.3) is 0 Å². The lowest BCUT2D eigenvalue weighted by atomic mass is 9.84. The number of halogens is 1. The third-order valence-corrected chi connectivity index (χ3v) is 4.57. The lowest BCUT2D eigenvalue weighted by molar-refractivity contribution is -0.138. The van der Waals surface area contributed by atoms with Gasteiger partial charge in [0.25, 0.3) is 0 Å². The van der Waals surface area contributed by atoms with Gasteiger partial charge in [-0.1, -0.05) is 47.3 Å². The lowest BCUT2D eigenvalue weighted by Gasteiger charge is -2.23. The Labute approximate surface area is 122 Å². The zero-order valence-electron chi connectivity index (χ0n) is 10.9. The Hall–Kier alpha value is -0.870. The Kier molecular flexibility index (Phi) is 4.99. The average molecular weight is 326 g/mol. The molecule has 1 fully saturated rings. The van der Waals surface area contributed by atoms with Crippen molar-refractivity contribution in [2.75, 3.05) is 0 Å². The Morgan fingerprint density at radius 2 is 2.05 bits per heavy atom. The number of benzene rings is 1. The van der Waals surface area contributed by atoms with E-state index in [4.69, 9.17) is 10.8 Å². The highest BCUT2D eigenvalue weighted by atomic mass is 79.9. The first kappa shape index (κ1) is 14.5. The van der Waals surface area contributed by atoms with Crippen LogP contribution < -0.4 is 5.73 Å². The summed E-state index contributed by atoms with van der Waals surface area (Å²) in [6.07, 6.45) is 6.85. The highest BCUT2D eigenvalue weighted by molar-refractivity contribution is 9.10. The fraction of sp³-hybridized carbons (Fsp3) is 0.533. The summed E-state index contributed by atoms with van der Waals surface area (Å²) in [4.78, 5) is 10.8. The van der Waals surface area contributed by atoms with Gasteiger partial charge >= 0.3 is 5.97 Å². The van der Waals surface area contributed by atoms with Gasteiger partial charge in [0.15, 0.2) is 0 Å². The van der Waals surface area contributed by atoms with Crippen molar-refractivity contribution in [3.63, 3.8) is 0 Å². The number of rotatable bonds is 4. The van der Waals surface area contributed by atoms with Crippen molar-refractivity contribution in [3.05, 3.63) is 33.8 Å². The Balaban J connectivity index is 2.10. The predicted octanol–water partition coefficient (Wildman–Crippen LogP) is 3.45. The van der Waals surface area contributed by atoms with E-state index in [2.05, 4.69) is 22.0 Å². The van der Waals surface area contributed by atoms with Gasteiger partial charge in [-0.05, 0) is 42.4 Å². The van der Waals surface area contributed by atoms with Gasteiger partial charge in [0.2, 0.25) is 0 Å². The number of nitrogens with two attached hydrogens (primary N) is 1. The fourth-order valence-corrected chi connectivity index (χ4v) is 3.53. The number of carboxylic acid groups (broad SMARTS) is 1. The number of aliphatic carboxylic acids is 1. The van der Waals surface area contributed by atoms with Crippen LogP contribution in [0.2, 0.25) is 0 Å². The van der Waals surface area contributed by atoms with Crippen LogP contribution in [0.4, 0.5) is 0 Å². The van der Waals surface area contributed by atoms with Crippen molar-refractivity contribution >= 4 is 21.9 Å². The minimum absolute atomic E-state index is 0.374. The summed E-state index contributed by atoms with van der Waals surface area (Å²) >= 11 is 3.62. The van der Waals surface area contributed by atoms with E-state index in [0.29, 0.717) is 12.3 Å². The fourth-order valence-electron chi connectivity index (χ4n) is 2.78. The van der Waals surface area contributed by atoms with Crippen LogP contribution in [0.15, 0.2) is 22.7 Å². The van der Waals surface area contributed by atoms with Crippen LogP contribution in [-0.4, -0.2) is 17.1 Å². The second kappa shape index (κ2) is 6.53. The largest absolute Gasteiger partial charge is 0.480 e. The molecule has 0 bridgehead atoms. The van der Waals surface area contributed by atoms with Gasteiger partial charge in [-0.2, -0.15) is 0 Å². The molecule has 0 aliphatic heterocycles. The van der Waals surface area contributed by atoms with E-state index in [1.54, 1.807) is 0 Å². The summed E-state index contributed by atoms with van der Waals surface area (Å²) in [5.41, 5.74) is 7.89. The van der Waals surface area contributed by atoms with Crippen LogP contribution in [0.3, 0.4) is 0 Å². The monoisotopic (exact) mass is 325 g/mol. The summed E-state index contributed by atoms with van der Waals surface area (Å²) < 4.78 is 1.09. The molecule has 0 aromatic heterocycles. The molecule has 0 amide bonds. The van der Waals surface area contributed by atoms with Crippen LogP contribution in [0.5, 0.6) is 0 Å². The topological polar surface area (TPSA) is 63.3 Å². The second-order valence-corrected chi connectivity index (χ2v) is 6.19. The summed E-state index contributed by atoms with van der Waals surface area (Å²) in [7, 11) is 0. The third-order valence-electron chi connectivity index (χ3n) is 3.88. The molecule has 4 heteroatoms. The smallest absolute Gasteiger partial charge is 0.320 e. The molecular weight excluding hydrogens is 306 g/mol. The highest BCUT2D eigenvalue weighted by Crippen LogP contribution is 2.36. The van der Waals surface area contributed by atoms with Crippen molar-refractivity contribution in [2.45, 2.75) is 50.5 Å². The van der Waals surface area contributed by atoms with Crippen molar-refractivity contribution in [1.82, 2.24) is 0 Å². The molecule has 0 heterocycles. The quantitative estimate of drug-likeness (QED) is 0.891. The molecule has 2 rings (SSSR count). The first-order chi connectivity index (χ1) is 9.08. The number of carboxylic acids is 1. The molecule has 1 unspecified atom stereocenters. The second-order valence-electron chi connectivity index (χ2n) is 5.34. The number of hydrogen-bond acceptors (Lipinski definition) is 2. The molecule has 3 nitrogen and oxygen atoms in total. The number of hydrogen-bond donors (Lipinski definition) is 2. The summed E-state index contributed by atoms with van der Waals surface area (Å²) in [5, 5.41) is 8.83. The Bertz CT molecular complexity index is 455. The lowest BCUT2D eigenvalue weighted by Crippen LogP contribution is -2.32. The zero-order valence-corrected chi connectivity index (χ0v) is 12.5. The maximum Gasteiger partial charge on any atom is 0.320 e. The summed E-state index contributed by atoms with van der Waals surface area (Å²) in [6.45, 7) is 0. The van der Waals surface area contributed by atoms with Gasteiger partial charge in [0, 0.05) is 4.47 Å². The highest BCUT2D eigenvalue weighted by Gasteiger charge is 2.19. The van der Waals surface area contributed by atoms with Gasteiger partial charge < -0.3 is 10.8 Å². The Morgan fingerprint density at radius 3 is 2.63 bits per heavy atom. The van der Waals surface area contributed by atoms with Crippen molar-refractivity contribution < 1.29 is 9.90 Å². The van der Waals surface area contributed by atoms with E-state index in [0.717, 1.165) is 10.0 Å². The molecule has 104 valence electrons. The molecule has 19 heavy (non-hydrogen) atoms. The van der Waals surface area contributed by atoms with Gasteiger partial charge in [-0.3, -0.25) is 4.79 Å². The maximum atomic E-state index is 10.8. The summed E-state index contributed by atoms with van der Waals surface area (Å²) in [5.74, 6) is -0.308. The molecule has 3 N–H and O–H groups in total. The predicted molar refractivity (Wildman–Crippen MR) is 79.3 cm³/mol. The van der Waals surface area contributed by atoms with Crippen LogP contribution in [-0.2, 0) is 11.2 Å². The van der Waals surface area contributed by atoms with Gasteiger partial charge in [-0.15, -0.1) is 0 Å². The standard InChI is InChI=1S/C15H20BrNO2/c16-13-8-10(9-14(17)15(18)19)6-7-12(13)11-4-2-1-3-5-11/h6-8,11,14H,1-5,9,17H2,(H,18,19). The molecule has 1 aliphatic carbocycles. The van der Waals surface area contributed by atoms with Gasteiger partial charge in [0.1, 0.15) is 6.04 Å². The maximum absolute atomic E-state index is 10.8. The molecule has 1 saturated carbocycles. The van der Waals surface area contributed by atoms with Crippen molar-refractivity contribution in [3.8, 4) is 0 Å². The van der Waals surface area contributed by atoms with Crippen LogP contribution in [0, 0.1) is 0 Å². The average Bonchev–Trinajstić information content (AvgIpc) is 2.39. The molecular formula is C15H20BrNO2. The Morgan fingerprint density at radius 1 is 1.37 bits per heavy atom. The molecule has 0 saturated heterocycles. The van der Waals surface area contributed by atoms with E-state index >= 15 is 0 Å². The van der Waals surface area contributed by atoms with E-state index in [1.807, 2.05) is 12.1 Å². The van der Waals surface area contributed by atoms with E-state index in [1.165, 1.54) is 37.7 Å². The van der Waals surface area contributed by atoms with Crippen molar-refractivity contribution in [1.29, 1.82) is 0 Å². The minimum Gasteiger partial charge on any atom is -0.480 e. The SMILES string of the molecule is NC(Cc1ccc(C2CCCCC2)c(Br)c1)C(=O)O. The molecule has 1 atom stereocenters. The molecule has 1 aromatic carbocycles. The zero-order chi connectivity index (χ0) is 13.8. The van der Waals surface area contributed by atoms with Crippen LogP contribution in [0.1, 0.15) is 49.1 Å². The summed E-state index contributed by atoms with van der Waals surface area (Å²) in [6, 6.07) is 5.33.